The zero-order valence-corrected chi connectivity index (χ0v) is 12.0. The Morgan fingerprint density at radius 3 is 2.56 bits per heavy atom. The van der Waals surface area contributed by atoms with Gasteiger partial charge in [-0.1, -0.05) is 26.2 Å². The zero-order valence-electron chi connectivity index (χ0n) is 11.1. The lowest BCUT2D eigenvalue weighted by Crippen LogP contribution is -2.45. The number of esters is 1. The molecule has 0 aromatic carbocycles. The highest BCUT2D eigenvalue weighted by Gasteiger charge is 2.35. The second kappa shape index (κ2) is 7.09. The normalized spacial score (nSPS) is 25.4. The molecule has 2 unspecified atom stereocenters. The van der Waals surface area contributed by atoms with E-state index in [9.17, 15) is 13.2 Å². The maximum atomic E-state index is 12.3. The molecule has 1 N–H and O–H groups in total. The quantitative estimate of drug-likeness (QED) is 0.597. The first-order valence-electron chi connectivity index (χ1n) is 6.53. The van der Waals surface area contributed by atoms with Crippen molar-refractivity contribution < 1.29 is 17.9 Å². The largest absolute Gasteiger partial charge is 0.468 e. The van der Waals surface area contributed by atoms with Gasteiger partial charge in [-0.2, -0.15) is 0 Å². The van der Waals surface area contributed by atoms with E-state index in [1.807, 2.05) is 6.92 Å². The van der Waals surface area contributed by atoms with E-state index in [1.165, 1.54) is 7.11 Å². The number of sulfone groups is 1. The Bertz CT molecular complexity index is 366. The molecule has 0 radical (unpaired) electrons. The van der Waals surface area contributed by atoms with Gasteiger partial charge < -0.3 is 10.1 Å². The standard InChI is InChI=1S/C12H23NO4S/c1-3-13-10-7-5-4-6-8-11(10)18(15,16)9-12(14)17-2/h10-11,13H,3-9H2,1-2H3. The molecule has 1 aliphatic carbocycles. The van der Waals surface area contributed by atoms with Crippen LogP contribution in [0.15, 0.2) is 0 Å². The fourth-order valence-electron chi connectivity index (χ4n) is 2.53. The Balaban J connectivity index is 2.82. The van der Waals surface area contributed by atoms with E-state index in [2.05, 4.69) is 10.1 Å². The third-order valence-corrected chi connectivity index (χ3v) is 5.55. The van der Waals surface area contributed by atoms with Crippen LogP contribution in [0, 0.1) is 0 Å². The van der Waals surface area contributed by atoms with Gasteiger partial charge >= 0.3 is 5.97 Å². The molecule has 18 heavy (non-hydrogen) atoms. The first-order valence-corrected chi connectivity index (χ1v) is 8.24. The minimum atomic E-state index is -3.43. The van der Waals surface area contributed by atoms with Crippen LogP contribution in [-0.2, 0) is 19.4 Å². The summed E-state index contributed by atoms with van der Waals surface area (Å²) in [6.07, 6.45) is 4.51. The Kier molecular flexibility index (Phi) is 6.08. The number of hydrogen-bond acceptors (Lipinski definition) is 5. The fourth-order valence-corrected chi connectivity index (χ4v) is 4.45. The molecular weight excluding hydrogens is 254 g/mol. The summed E-state index contributed by atoms with van der Waals surface area (Å²) in [6.45, 7) is 2.71. The highest BCUT2D eigenvalue weighted by molar-refractivity contribution is 7.92. The Morgan fingerprint density at radius 1 is 1.28 bits per heavy atom. The van der Waals surface area contributed by atoms with Crippen LogP contribution >= 0.6 is 0 Å². The summed E-state index contributed by atoms with van der Waals surface area (Å²) in [5, 5.41) is 2.78. The number of nitrogens with one attached hydrogen (secondary N) is 1. The lowest BCUT2D eigenvalue weighted by Gasteiger charge is -2.25. The number of ether oxygens (including phenoxy) is 1. The molecule has 0 heterocycles. The first kappa shape index (κ1) is 15.4. The smallest absolute Gasteiger partial charge is 0.320 e. The second-order valence-corrected chi connectivity index (χ2v) is 6.94. The Labute approximate surface area is 109 Å². The second-order valence-electron chi connectivity index (χ2n) is 4.72. The molecule has 0 amide bonds. The van der Waals surface area contributed by atoms with Crippen molar-refractivity contribution in [2.45, 2.75) is 50.3 Å². The maximum Gasteiger partial charge on any atom is 0.320 e. The minimum Gasteiger partial charge on any atom is -0.468 e. The van der Waals surface area contributed by atoms with E-state index in [0.717, 1.165) is 32.2 Å². The van der Waals surface area contributed by atoms with Gasteiger partial charge in [0.25, 0.3) is 0 Å². The van der Waals surface area contributed by atoms with Crippen molar-refractivity contribution in [3.8, 4) is 0 Å². The number of carbonyl (C=O) groups excluding carboxylic acids is 1. The monoisotopic (exact) mass is 277 g/mol. The first-order chi connectivity index (χ1) is 8.51. The SMILES string of the molecule is CCNC1CCCCCC1S(=O)(=O)CC(=O)OC. The van der Waals surface area contributed by atoms with Crippen LogP contribution in [-0.4, -0.2) is 45.1 Å². The summed E-state index contributed by atoms with van der Waals surface area (Å²) in [6, 6.07) is -0.0350. The van der Waals surface area contributed by atoms with Crippen molar-refractivity contribution in [2.75, 3.05) is 19.4 Å². The van der Waals surface area contributed by atoms with E-state index in [4.69, 9.17) is 0 Å². The molecule has 6 heteroatoms. The molecule has 1 rings (SSSR count). The topological polar surface area (TPSA) is 72.5 Å². The van der Waals surface area contributed by atoms with Gasteiger partial charge in [-0.15, -0.1) is 0 Å². The Morgan fingerprint density at radius 2 is 1.94 bits per heavy atom. The summed E-state index contributed by atoms with van der Waals surface area (Å²) in [4.78, 5) is 11.2. The van der Waals surface area contributed by atoms with Crippen LogP contribution in [0.3, 0.4) is 0 Å². The van der Waals surface area contributed by atoms with Gasteiger partial charge in [-0.05, 0) is 19.4 Å². The predicted molar refractivity (Wildman–Crippen MR) is 70.1 cm³/mol. The van der Waals surface area contributed by atoms with Gasteiger partial charge in [0, 0.05) is 6.04 Å². The van der Waals surface area contributed by atoms with Gasteiger partial charge in [-0.25, -0.2) is 8.42 Å². The summed E-state index contributed by atoms with van der Waals surface area (Å²) in [7, 11) is -2.21. The van der Waals surface area contributed by atoms with Gasteiger partial charge in [0.05, 0.1) is 12.4 Å². The molecule has 0 saturated heterocycles. The third-order valence-electron chi connectivity index (χ3n) is 3.43. The summed E-state index contributed by atoms with van der Waals surface area (Å²) in [5.74, 6) is -1.18. The van der Waals surface area contributed by atoms with E-state index in [-0.39, 0.29) is 6.04 Å². The molecule has 0 aliphatic heterocycles. The van der Waals surface area contributed by atoms with Crippen molar-refractivity contribution in [1.82, 2.24) is 5.32 Å². The van der Waals surface area contributed by atoms with Gasteiger partial charge in [0.1, 0.15) is 5.75 Å². The van der Waals surface area contributed by atoms with Gasteiger partial charge in [0.15, 0.2) is 9.84 Å². The maximum absolute atomic E-state index is 12.3. The van der Waals surface area contributed by atoms with Gasteiger partial charge in [0.2, 0.25) is 0 Å². The highest BCUT2D eigenvalue weighted by Crippen LogP contribution is 2.24. The van der Waals surface area contributed by atoms with Crippen LogP contribution in [0.2, 0.25) is 0 Å². The molecule has 2 atom stereocenters. The van der Waals surface area contributed by atoms with E-state index in [1.54, 1.807) is 0 Å². The third kappa shape index (κ3) is 4.24. The molecule has 1 aliphatic rings. The number of rotatable bonds is 5. The zero-order chi connectivity index (χ0) is 13.6. The molecule has 106 valence electrons. The van der Waals surface area contributed by atoms with Crippen LogP contribution in [0.25, 0.3) is 0 Å². The van der Waals surface area contributed by atoms with Crippen molar-refractivity contribution in [3.63, 3.8) is 0 Å². The number of carbonyl (C=O) groups is 1. The summed E-state index contributed by atoms with van der Waals surface area (Å²) in [5.41, 5.74) is 0. The minimum absolute atomic E-state index is 0.0350. The lowest BCUT2D eigenvalue weighted by molar-refractivity contribution is -0.137. The number of methoxy groups -OCH3 is 1. The van der Waals surface area contributed by atoms with Crippen LogP contribution in [0.1, 0.15) is 39.0 Å². The average molecular weight is 277 g/mol. The van der Waals surface area contributed by atoms with Crippen LogP contribution in [0.4, 0.5) is 0 Å². The summed E-state index contributed by atoms with van der Waals surface area (Å²) < 4.78 is 29.0. The van der Waals surface area contributed by atoms with E-state index < -0.39 is 26.8 Å². The number of hydrogen-bond donors (Lipinski definition) is 1. The van der Waals surface area contributed by atoms with Crippen molar-refractivity contribution in [3.05, 3.63) is 0 Å². The molecule has 5 nitrogen and oxygen atoms in total. The van der Waals surface area contributed by atoms with E-state index >= 15 is 0 Å². The Hall–Kier alpha value is -0.620. The highest BCUT2D eigenvalue weighted by atomic mass is 32.2. The molecule has 0 spiro atoms. The molecule has 0 aromatic rings. The predicted octanol–water partition coefficient (Wildman–Crippen LogP) is 0.885. The fraction of sp³-hybridized carbons (Fsp3) is 0.917. The van der Waals surface area contributed by atoms with Crippen molar-refractivity contribution in [2.24, 2.45) is 0 Å². The molecule has 0 bridgehead atoms. The van der Waals surface area contributed by atoms with Crippen molar-refractivity contribution >= 4 is 15.8 Å². The van der Waals surface area contributed by atoms with Crippen LogP contribution < -0.4 is 5.32 Å². The molecule has 1 saturated carbocycles. The average Bonchev–Trinajstić information content (AvgIpc) is 2.55. The van der Waals surface area contributed by atoms with Crippen LogP contribution in [0.5, 0.6) is 0 Å². The molecular formula is C12H23NO4S. The molecule has 0 aromatic heterocycles. The lowest BCUT2D eigenvalue weighted by atomic mass is 10.1. The summed E-state index contributed by atoms with van der Waals surface area (Å²) >= 11 is 0. The molecule has 1 fully saturated rings. The van der Waals surface area contributed by atoms with Crippen molar-refractivity contribution in [1.29, 1.82) is 0 Å². The van der Waals surface area contributed by atoms with E-state index in [0.29, 0.717) is 6.42 Å². The van der Waals surface area contributed by atoms with Gasteiger partial charge in [-0.3, -0.25) is 4.79 Å².